The molecule has 2 amide bonds. The van der Waals surface area contributed by atoms with E-state index in [1.165, 1.54) is 12.1 Å². The van der Waals surface area contributed by atoms with Crippen molar-refractivity contribution in [3.63, 3.8) is 0 Å². The summed E-state index contributed by atoms with van der Waals surface area (Å²) in [6, 6.07) is 9.44. The second-order valence-corrected chi connectivity index (χ2v) is 13.4. The normalized spacial score (nSPS) is 16.8. The molecule has 1 aromatic heterocycles. The Labute approximate surface area is 250 Å². The summed E-state index contributed by atoms with van der Waals surface area (Å²) in [5, 5.41) is 3.38. The molecule has 2 aliphatic rings. The molecule has 216 valence electrons. The predicted octanol–water partition coefficient (Wildman–Crippen LogP) is 5.11. The summed E-state index contributed by atoms with van der Waals surface area (Å²) in [4.78, 5) is 33.3. The standard InChI is InChI=1S/C30H32Cl2N4O4S/c1-18-21(8-10-29(37)36-13-11-35(3)12-14-36)19(2)33-28(18)16-23-22-15-20(7-9-27(22)34-30(23)38)41(39,40)17-24-25(31)5-4-6-26(24)32/h4-7,9,15-16,33H,8,10-14,17H2,1-3H3,(H,34,38). The molecule has 3 heterocycles. The number of H-pyrrole nitrogens is 1. The largest absolute Gasteiger partial charge is 0.359 e. The summed E-state index contributed by atoms with van der Waals surface area (Å²) in [6.45, 7) is 7.17. The molecule has 1 fully saturated rings. The first-order valence-electron chi connectivity index (χ1n) is 13.4. The molecule has 2 aliphatic heterocycles. The van der Waals surface area contributed by atoms with Crippen LogP contribution in [0.5, 0.6) is 0 Å². The number of hydrogen-bond donors (Lipinski definition) is 2. The lowest BCUT2D eigenvalue weighted by molar-refractivity contribution is -0.132. The molecule has 8 nitrogen and oxygen atoms in total. The van der Waals surface area contributed by atoms with E-state index in [-0.39, 0.29) is 32.5 Å². The minimum atomic E-state index is -3.81. The molecule has 3 aromatic rings. The van der Waals surface area contributed by atoms with Crippen LogP contribution < -0.4 is 5.32 Å². The smallest absolute Gasteiger partial charge is 0.256 e. The maximum atomic E-state index is 13.3. The van der Waals surface area contributed by atoms with Crippen molar-refractivity contribution >= 4 is 62.2 Å². The zero-order valence-corrected chi connectivity index (χ0v) is 25.5. The number of piperazine rings is 1. The molecule has 11 heteroatoms. The molecule has 41 heavy (non-hydrogen) atoms. The van der Waals surface area contributed by atoms with Gasteiger partial charge in [-0.1, -0.05) is 29.3 Å². The fourth-order valence-corrected chi connectivity index (χ4v) is 7.49. The lowest BCUT2D eigenvalue weighted by Gasteiger charge is -2.32. The summed E-state index contributed by atoms with van der Waals surface area (Å²) < 4.78 is 26.7. The Morgan fingerprint density at radius 1 is 1.02 bits per heavy atom. The van der Waals surface area contributed by atoms with Gasteiger partial charge in [0.1, 0.15) is 0 Å². The van der Waals surface area contributed by atoms with Crippen LogP contribution in [0.1, 0.15) is 40.1 Å². The van der Waals surface area contributed by atoms with Crippen LogP contribution >= 0.6 is 23.2 Å². The van der Waals surface area contributed by atoms with E-state index >= 15 is 0 Å². The summed E-state index contributed by atoms with van der Waals surface area (Å²) >= 11 is 12.4. The van der Waals surface area contributed by atoms with Gasteiger partial charge in [0.25, 0.3) is 5.91 Å². The van der Waals surface area contributed by atoms with Crippen molar-refractivity contribution in [2.75, 3.05) is 38.5 Å². The highest BCUT2D eigenvalue weighted by molar-refractivity contribution is 7.90. The number of carbonyl (C=O) groups excluding carboxylic acids is 2. The van der Waals surface area contributed by atoms with E-state index in [2.05, 4.69) is 22.2 Å². The number of sulfone groups is 1. The van der Waals surface area contributed by atoms with E-state index in [0.717, 1.165) is 48.7 Å². The number of likely N-dealkylation sites (N-methyl/N-ethyl adjacent to an activating group) is 1. The molecular formula is C30H32Cl2N4O4S. The van der Waals surface area contributed by atoms with E-state index in [1.54, 1.807) is 30.3 Å². The number of rotatable bonds is 7. The summed E-state index contributed by atoms with van der Waals surface area (Å²) in [6.07, 6.45) is 2.76. The van der Waals surface area contributed by atoms with Crippen LogP contribution in [0.25, 0.3) is 11.6 Å². The first-order valence-corrected chi connectivity index (χ1v) is 15.8. The number of aryl methyl sites for hydroxylation is 1. The van der Waals surface area contributed by atoms with Crippen LogP contribution in [0.15, 0.2) is 41.3 Å². The highest BCUT2D eigenvalue weighted by Gasteiger charge is 2.28. The van der Waals surface area contributed by atoms with Gasteiger partial charge in [-0.3, -0.25) is 9.59 Å². The van der Waals surface area contributed by atoms with Gasteiger partial charge in [-0.2, -0.15) is 0 Å². The molecule has 0 unspecified atom stereocenters. The first-order chi connectivity index (χ1) is 19.4. The number of fused-ring (bicyclic) bond motifs is 1. The van der Waals surface area contributed by atoms with Crippen molar-refractivity contribution in [1.29, 1.82) is 0 Å². The molecule has 0 atom stereocenters. The molecule has 0 saturated carbocycles. The zero-order valence-electron chi connectivity index (χ0n) is 23.2. The molecule has 2 aromatic carbocycles. The molecule has 2 N–H and O–H groups in total. The Balaban J connectivity index is 1.39. The van der Waals surface area contributed by atoms with Gasteiger partial charge in [-0.15, -0.1) is 0 Å². The maximum absolute atomic E-state index is 13.3. The Morgan fingerprint density at radius 2 is 1.71 bits per heavy atom. The third kappa shape index (κ3) is 6.09. The number of aromatic nitrogens is 1. The number of hydrogen-bond acceptors (Lipinski definition) is 5. The number of aromatic amines is 1. The molecule has 5 rings (SSSR count). The molecule has 1 saturated heterocycles. The van der Waals surface area contributed by atoms with Gasteiger partial charge >= 0.3 is 0 Å². The van der Waals surface area contributed by atoms with Gasteiger partial charge in [-0.25, -0.2) is 8.42 Å². The number of amides is 2. The predicted molar refractivity (Wildman–Crippen MR) is 163 cm³/mol. The second-order valence-electron chi connectivity index (χ2n) is 10.6. The van der Waals surface area contributed by atoms with E-state index in [9.17, 15) is 18.0 Å². The van der Waals surface area contributed by atoms with E-state index in [4.69, 9.17) is 23.2 Å². The Hall–Kier alpha value is -3.11. The van der Waals surface area contributed by atoms with Crippen molar-refractivity contribution in [3.05, 3.63) is 80.1 Å². The van der Waals surface area contributed by atoms with Crippen LogP contribution in [-0.4, -0.2) is 68.2 Å². The number of anilines is 1. The van der Waals surface area contributed by atoms with Crippen molar-refractivity contribution in [1.82, 2.24) is 14.8 Å². The third-order valence-corrected chi connectivity index (χ3v) is 10.2. The molecule has 0 bridgehead atoms. The Morgan fingerprint density at radius 3 is 2.39 bits per heavy atom. The topological polar surface area (TPSA) is 103 Å². The van der Waals surface area contributed by atoms with Gasteiger partial charge in [-0.05, 0) is 74.9 Å². The van der Waals surface area contributed by atoms with Crippen molar-refractivity contribution in [2.45, 2.75) is 37.3 Å². The highest BCUT2D eigenvalue weighted by atomic mass is 35.5. The average molecular weight is 616 g/mol. The third-order valence-electron chi connectivity index (χ3n) is 7.89. The van der Waals surface area contributed by atoms with E-state index < -0.39 is 9.84 Å². The molecule has 0 aliphatic carbocycles. The quantitative estimate of drug-likeness (QED) is 0.360. The fraction of sp³-hybridized carbons (Fsp3) is 0.333. The monoisotopic (exact) mass is 614 g/mol. The lowest BCUT2D eigenvalue weighted by atomic mass is 10.0. The Kier molecular flexibility index (Phi) is 8.34. The van der Waals surface area contributed by atoms with Crippen molar-refractivity contribution in [3.8, 4) is 0 Å². The zero-order chi connectivity index (χ0) is 29.5. The van der Waals surface area contributed by atoms with Crippen LogP contribution in [0.4, 0.5) is 5.69 Å². The SMILES string of the molecule is Cc1[nH]c(C=C2C(=O)Nc3ccc(S(=O)(=O)Cc4c(Cl)cccc4Cl)cc32)c(C)c1CCC(=O)N1CCN(C)CC1. The average Bonchev–Trinajstić information content (AvgIpc) is 3.38. The van der Waals surface area contributed by atoms with Crippen LogP contribution in [0.3, 0.4) is 0 Å². The summed E-state index contributed by atoms with van der Waals surface area (Å²) in [5.41, 5.74) is 5.42. The van der Waals surface area contributed by atoms with E-state index in [0.29, 0.717) is 35.2 Å². The first kappa shape index (κ1) is 29.4. The van der Waals surface area contributed by atoms with Crippen LogP contribution in [0, 0.1) is 13.8 Å². The fourth-order valence-electron chi connectivity index (χ4n) is 5.37. The molecule has 0 radical (unpaired) electrons. The van der Waals surface area contributed by atoms with Gasteiger partial charge in [0.2, 0.25) is 5.91 Å². The number of carbonyl (C=O) groups is 2. The Bertz CT molecular complexity index is 1650. The van der Waals surface area contributed by atoms with Gasteiger partial charge in [0, 0.05) is 70.8 Å². The highest BCUT2D eigenvalue weighted by Crippen LogP contribution is 2.37. The summed E-state index contributed by atoms with van der Waals surface area (Å²) in [7, 11) is -1.75. The summed E-state index contributed by atoms with van der Waals surface area (Å²) in [5.74, 6) is -0.536. The number of halogens is 2. The lowest BCUT2D eigenvalue weighted by Crippen LogP contribution is -2.47. The number of nitrogens with zero attached hydrogens (tertiary/aromatic N) is 2. The van der Waals surface area contributed by atoms with Gasteiger partial charge in [0.15, 0.2) is 9.84 Å². The number of benzene rings is 2. The van der Waals surface area contributed by atoms with Crippen LogP contribution in [0.2, 0.25) is 10.0 Å². The van der Waals surface area contributed by atoms with Crippen molar-refractivity contribution in [2.24, 2.45) is 0 Å². The van der Waals surface area contributed by atoms with Crippen molar-refractivity contribution < 1.29 is 18.0 Å². The second kappa shape index (κ2) is 11.6. The minimum absolute atomic E-state index is 0.0668. The van der Waals surface area contributed by atoms with Crippen LogP contribution in [-0.2, 0) is 31.6 Å². The van der Waals surface area contributed by atoms with E-state index in [1.807, 2.05) is 18.7 Å². The van der Waals surface area contributed by atoms with Gasteiger partial charge < -0.3 is 20.1 Å². The minimum Gasteiger partial charge on any atom is -0.359 e. The molecular weight excluding hydrogens is 583 g/mol. The molecule has 0 spiro atoms. The maximum Gasteiger partial charge on any atom is 0.256 e. The number of nitrogens with one attached hydrogen (secondary N) is 2. The van der Waals surface area contributed by atoms with Gasteiger partial charge in [0.05, 0.1) is 16.2 Å².